The molecule has 0 aliphatic rings. The van der Waals surface area contributed by atoms with E-state index < -0.39 is 97.5 Å². The van der Waals surface area contributed by atoms with Gasteiger partial charge < -0.3 is 33.8 Å². The molecule has 0 rings (SSSR count). The van der Waals surface area contributed by atoms with Crippen molar-refractivity contribution < 1.29 is 80.2 Å². The third-order valence-corrected chi connectivity index (χ3v) is 21.2. The number of carbonyl (C=O) groups is 4. The van der Waals surface area contributed by atoms with E-state index in [-0.39, 0.29) is 25.7 Å². The van der Waals surface area contributed by atoms with Crippen molar-refractivity contribution in [2.45, 2.75) is 445 Å². The first-order valence-electron chi connectivity index (χ1n) is 42.0. The number of hydrogen-bond donors (Lipinski definition) is 3. The molecule has 0 amide bonds. The van der Waals surface area contributed by atoms with Crippen LogP contribution in [0.3, 0.4) is 0 Å². The average molecular weight is 1470 g/mol. The normalized spacial score (nSPS) is 14.2. The number of phosphoric ester groups is 2. The van der Waals surface area contributed by atoms with Gasteiger partial charge in [-0.3, -0.25) is 37.3 Å². The summed E-state index contributed by atoms with van der Waals surface area (Å²) in [5.41, 5.74) is 0. The quantitative estimate of drug-likeness (QED) is 0.0222. The Bertz CT molecular complexity index is 1930. The van der Waals surface area contributed by atoms with Gasteiger partial charge in [0.05, 0.1) is 26.4 Å². The summed E-state index contributed by atoms with van der Waals surface area (Å²) in [6, 6.07) is 0. The minimum Gasteiger partial charge on any atom is -0.462 e. The smallest absolute Gasteiger partial charge is 0.462 e. The molecule has 0 fully saturated rings. The van der Waals surface area contributed by atoms with Crippen LogP contribution in [0.4, 0.5) is 0 Å². The lowest BCUT2D eigenvalue weighted by Gasteiger charge is -2.21. The van der Waals surface area contributed by atoms with Crippen molar-refractivity contribution in [3.8, 4) is 0 Å². The van der Waals surface area contributed by atoms with Crippen molar-refractivity contribution in [3.05, 3.63) is 0 Å². The maximum Gasteiger partial charge on any atom is 0.472 e. The SMILES string of the molecule is CCCCCCCCCCCCCCCCCCC(=O)O[C@H](COC(=O)CCCCCCCCCC)COP(=O)(O)OC[C@H](O)COP(=O)(O)OC[C@@H](COC(=O)CCCCCCCCCCCCCCCCC(C)CC)OC(=O)CCCCCCCCCCCCCCCCCC(C)C. The van der Waals surface area contributed by atoms with Gasteiger partial charge in [-0.05, 0) is 37.5 Å². The number of rotatable bonds is 80. The van der Waals surface area contributed by atoms with E-state index in [0.29, 0.717) is 25.7 Å². The summed E-state index contributed by atoms with van der Waals surface area (Å²) < 4.78 is 68.7. The Morgan fingerprint density at radius 2 is 0.510 bits per heavy atom. The third-order valence-electron chi connectivity index (χ3n) is 19.3. The van der Waals surface area contributed by atoms with Gasteiger partial charge in [0.1, 0.15) is 19.3 Å². The molecule has 0 heterocycles. The summed E-state index contributed by atoms with van der Waals surface area (Å²) in [5.74, 6) is -0.457. The number of phosphoric acid groups is 2. The van der Waals surface area contributed by atoms with E-state index >= 15 is 0 Å². The monoisotopic (exact) mass is 1470 g/mol. The van der Waals surface area contributed by atoms with Crippen LogP contribution in [-0.2, 0) is 65.4 Å². The van der Waals surface area contributed by atoms with Crippen molar-refractivity contribution in [2.75, 3.05) is 39.6 Å². The van der Waals surface area contributed by atoms with E-state index in [1.807, 2.05) is 0 Å². The topological polar surface area (TPSA) is 237 Å². The molecule has 0 aliphatic carbocycles. The van der Waals surface area contributed by atoms with Gasteiger partial charge in [0.25, 0.3) is 0 Å². The lowest BCUT2D eigenvalue weighted by atomic mass is 9.99. The molecule has 0 aromatic heterocycles. The highest BCUT2D eigenvalue weighted by molar-refractivity contribution is 7.47. The molecule has 3 unspecified atom stereocenters. The lowest BCUT2D eigenvalue weighted by Crippen LogP contribution is -2.30. The molecule has 6 atom stereocenters. The van der Waals surface area contributed by atoms with E-state index in [4.69, 9.17) is 37.0 Å². The minimum atomic E-state index is -4.96. The summed E-state index contributed by atoms with van der Waals surface area (Å²) in [7, 11) is -9.92. The Morgan fingerprint density at radius 1 is 0.290 bits per heavy atom. The van der Waals surface area contributed by atoms with Crippen LogP contribution in [0, 0.1) is 11.8 Å². The molecule has 594 valence electrons. The second-order valence-electron chi connectivity index (χ2n) is 29.9. The highest BCUT2D eigenvalue weighted by Gasteiger charge is 2.30. The van der Waals surface area contributed by atoms with Crippen LogP contribution in [0.25, 0.3) is 0 Å². The average Bonchev–Trinajstić information content (AvgIpc) is 0.942. The summed E-state index contributed by atoms with van der Waals surface area (Å²) in [6.07, 6.45) is 62.4. The Morgan fingerprint density at radius 3 is 0.760 bits per heavy atom. The largest absolute Gasteiger partial charge is 0.472 e. The van der Waals surface area contributed by atoms with Crippen molar-refractivity contribution in [2.24, 2.45) is 11.8 Å². The van der Waals surface area contributed by atoms with Crippen LogP contribution < -0.4 is 0 Å². The van der Waals surface area contributed by atoms with Gasteiger partial charge in [-0.2, -0.15) is 0 Å². The second-order valence-corrected chi connectivity index (χ2v) is 32.8. The van der Waals surface area contributed by atoms with Gasteiger partial charge in [0, 0.05) is 25.7 Å². The van der Waals surface area contributed by atoms with E-state index in [9.17, 15) is 43.2 Å². The maximum absolute atomic E-state index is 13.1. The van der Waals surface area contributed by atoms with Crippen LogP contribution in [0.5, 0.6) is 0 Å². The molecule has 19 heteroatoms. The zero-order chi connectivity index (χ0) is 73.5. The Labute approximate surface area is 613 Å². The number of ether oxygens (including phenoxy) is 4. The first-order valence-corrected chi connectivity index (χ1v) is 45.0. The van der Waals surface area contributed by atoms with Gasteiger partial charge in [-0.25, -0.2) is 9.13 Å². The molecule has 0 aromatic rings. The molecule has 17 nitrogen and oxygen atoms in total. The molecular weight excluding hydrogens is 1310 g/mol. The fourth-order valence-corrected chi connectivity index (χ4v) is 14.1. The molecule has 0 saturated carbocycles. The molecule has 0 aromatic carbocycles. The number of aliphatic hydroxyl groups excluding tert-OH is 1. The lowest BCUT2D eigenvalue weighted by molar-refractivity contribution is -0.161. The van der Waals surface area contributed by atoms with E-state index in [2.05, 4.69) is 41.5 Å². The molecule has 0 spiro atoms. The number of esters is 4. The number of unbranched alkanes of at least 4 members (excludes halogenated alkanes) is 49. The number of hydrogen-bond acceptors (Lipinski definition) is 15. The zero-order valence-electron chi connectivity index (χ0n) is 65.5. The molecule has 100 heavy (non-hydrogen) atoms. The van der Waals surface area contributed by atoms with Crippen LogP contribution in [0.15, 0.2) is 0 Å². The van der Waals surface area contributed by atoms with Gasteiger partial charge in [-0.15, -0.1) is 0 Å². The van der Waals surface area contributed by atoms with Crippen molar-refractivity contribution in [1.82, 2.24) is 0 Å². The molecule has 0 radical (unpaired) electrons. The second kappa shape index (κ2) is 72.6. The summed E-state index contributed by atoms with van der Waals surface area (Å²) >= 11 is 0. The number of aliphatic hydroxyl groups is 1. The highest BCUT2D eigenvalue weighted by Crippen LogP contribution is 2.45. The van der Waals surface area contributed by atoms with Gasteiger partial charge >= 0.3 is 39.5 Å². The number of carbonyl (C=O) groups excluding carboxylic acids is 4. The summed E-state index contributed by atoms with van der Waals surface area (Å²) in [4.78, 5) is 72.9. The summed E-state index contributed by atoms with van der Waals surface area (Å²) in [6.45, 7) is 9.70. The highest BCUT2D eigenvalue weighted by atomic mass is 31.2. The van der Waals surface area contributed by atoms with Crippen molar-refractivity contribution in [3.63, 3.8) is 0 Å². The molecule has 0 bridgehead atoms. The van der Waals surface area contributed by atoms with Crippen LogP contribution in [0.1, 0.15) is 427 Å². The zero-order valence-corrected chi connectivity index (χ0v) is 67.3. The fourth-order valence-electron chi connectivity index (χ4n) is 12.5. The molecule has 0 aliphatic heterocycles. The molecule has 0 saturated heterocycles. The van der Waals surface area contributed by atoms with Gasteiger partial charge in [0.15, 0.2) is 12.2 Å². The first kappa shape index (κ1) is 98.1. The maximum atomic E-state index is 13.1. The van der Waals surface area contributed by atoms with Crippen LogP contribution in [-0.4, -0.2) is 96.7 Å². The molecular formula is C81H158O17P2. The first-order chi connectivity index (χ1) is 48.4. The van der Waals surface area contributed by atoms with Crippen molar-refractivity contribution in [1.29, 1.82) is 0 Å². The summed E-state index contributed by atoms with van der Waals surface area (Å²) in [5, 5.41) is 10.6. The Balaban J connectivity index is 5.21. The van der Waals surface area contributed by atoms with E-state index in [0.717, 1.165) is 108 Å². The van der Waals surface area contributed by atoms with Crippen LogP contribution in [0.2, 0.25) is 0 Å². The van der Waals surface area contributed by atoms with Crippen molar-refractivity contribution >= 4 is 39.5 Å². The molecule has 3 N–H and O–H groups in total. The standard InChI is InChI=1S/C81H158O17P2/c1-7-10-12-14-16-18-19-20-21-24-31-36-41-47-53-59-65-80(85)97-76(69-91-78(83)63-57-51-45-17-15-13-11-8-2)71-95-99(87,88)93-67-75(82)68-94-100(89,90)96-72-77(98-81(86)66-60-54-48-42-37-32-25-22-23-28-33-38-43-49-55-61-73(4)5)70-92-79(84)64-58-52-46-40-35-30-27-26-29-34-39-44-50-56-62-74(6)9-3/h73-77,82H,7-72H2,1-6H3,(H,87,88)(H,89,90)/t74?,75-,76+,77+/m0/s1. The van der Waals surface area contributed by atoms with E-state index in [1.165, 1.54) is 238 Å². The fraction of sp³-hybridized carbons (Fsp3) is 0.951. The minimum absolute atomic E-state index is 0.108. The van der Waals surface area contributed by atoms with Gasteiger partial charge in [-0.1, -0.05) is 375 Å². The Hall–Kier alpha value is -1.94. The predicted molar refractivity (Wildman–Crippen MR) is 409 cm³/mol. The Kier molecular flexibility index (Phi) is 71.2. The van der Waals surface area contributed by atoms with E-state index in [1.54, 1.807) is 0 Å². The third kappa shape index (κ3) is 73.0. The predicted octanol–water partition coefficient (Wildman–Crippen LogP) is 24.3. The van der Waals surface area contributed by atoms with Gasteiger partial charge in [0.2, 0.25) is 0 Å². The van der Waals surface area contributed by atoms with Crippen LogP contribution >= 0.6 is 15.6 Å².